The third-order valence-electron chi connectivity index (χ3n) is 5.30. The molecule has 5 aromatic rings. The number of carboxylic acids is 1. The molecule has 32 heavy (non-hydrogen) atoms. The first kappa shape index (κ1) is 19.9. The van der Waals surface area contributed by atoms with E-state index in [1.54, 1.807) is 29.5 Å². The van der Waals surface area contributed by atoms with E-state index in [0.29, 0.717) is 23.3 Å². The smallest absolute Gasteiger partial charge is 0.335 e. The van der Waals surface area contributed by atoms with Crippen molar-refractivity contribution in [2.45, 2.75) is 6.42 Å². The number of carboxylic acid groups (broad SMARTS) is 1. The van der Waals surface area contributed by atoms with Gasteiger partial charge in [-0.25, -0.2) is 9.78 Å². The van der Waals surface area contributed by atoms with Crippen molar-refractivity contribution in [3.8, 4) is 0 Å². The Labute approximate surface area is 188 Å². The zero-order valence-corrected chi connectivity index (χ0v) is 17.7. The topological polar surface area (TPSA) is 79.3 Å². The van der Waals surface area contributed by atoms with Gasteiger partial charge >= 0.3 is 5.97 Å². The number of nitrogens with zero attached hydrogens (tertiary/aromatic N) is 1. The van der Waals surface area contributed by atoms with Crippen LogP contribution in [0, 0.1) is 0 Å². The molecule has 2 N–H and O–H groups in total. The first-order valence-corrected chi connectivity index (χ1v) is 10.9. The lowest BCUT2D eigenvalue weighted by atomic mass is 10.0. The van der Waals surface area contributed by atoms with Crippen molar-refractivity contribution < 1.29 is 14.7 Å². The van der Waals surface area contributed by atoms with Gasteiger partial charge in [0.25, 0.3) is 0 Å². The van der Waals surface area contributed by atoms with Gasteiger partial charge < -0.3 is 10.4 Å². The van der Waals surface area contributed by atoms with Crippen LogP contribution in [0.15, 0.2) is 84.2 Å². The zero-order valence-electron chi connectivity index (χ0n) is 16.9. The number of hydrogen-bond donors (Lipinski definition) is 2. The van der Waals surface area contributed by atoms with Crippen LogP contribution in [0.2, 0.25) is 0 Å². The predicted octanol–water partition coefficient (Wildman–Crippen LogP) is 6.32. The van der Waals surface area contributed by atoms with E-state index in [9.17, 15) is 14.7 Å². The molecule has 0 spiro atoms. The second kappa shape index (κ2) is 8.24. The van der Waals surface area contributed by atoms with Crippen LogP contribution in [0.4, 0.5) is 11.5 Å². The van der Waals surface area contributed by atoms with Crippen LogP contribution < -0.4 is 5.32 Å². The van der Waals surface area contributed by atoms with Gasteiger partial charge in [-0.2, -0.15) is 0 Å². The number of benzene rings is 3. The van der Waals surface area contributed by atoms with Gasteiger partial charge in [-0.1, -0.05) is 48.5 Å². The molecule has 0 fully saturated rings. The third-order valence-corrected chi connectivity index (χ3v) is 6.24. The Morgan fingerprint density at radius 3 is 2.53 bits per heavy atom. The summed E-state index contributed by atoms with van der Waals surface area (Å²) in [4.78, 5) is 28.9. The Balaban J connectivity index is 1.50. The summed E-state index contributed by atoms with van der Waals surface area (Å²) >= 11 is 1.58. The summed E-state index contributed by atoms with van der Waals surface area (Å²) in [6, 6.07) is 24.0. The summed E-state index contributed by atoms with van der Waals surface area (Å²) in [5.41, 5.74) is 3.15. The number of carbonyl (C=O) groups excluding carboxylic acids is 1. The van der Waals surface area contributed by atoms with Crippen molar-refractivity contribution in [2.24, 2.45) is 0 Å². The molecule has 5 rings (SSSR count). The number of fused-ring (bicyclic) bond motifs is 3. The van der Waals surface area contributed by atoms with Crippen LogP contribution in [-0.2, 0) is 6.42 Å². The molecule has 156 valence electrons. The molecule has 0 radical (unpaired) electrons. The van der Waals surface area contributed by atoms with Crippen molar-refractivity contribution in [3.05, 3.63) is 101 Å². The van der Waals surface area contributed by atoms with Crippen LogP contribution in [0.3, 0.4) is 0 Å². The number of pyridine rings is 1. The minimum atomic E-state index is -0.987. The van der Waals surface area contributed by atoms with Gasteiger partial charge in [0.2, 0.25) is 0 Å². The molecule has 0 aliphatic heterocycles. The zero-order chi connectivity index (χ0) is 22.1. The molecule has 0 saturated heterocycles. The molecule has 0 saturated carbocycles. The second-order valence-corrected chi connectivity index (χ2v) is 8.37. The first-order valence-electron chi connectivity index (χ1n) is 10.1. The number of anilines is 2. The Bertz CT molecular complexity index is 1480. The third kappa shape index (κ3) is 3.84. The van der Waals surface area contributed by atoms with E-state index in [0.717, 1.165) is 26.7 Å². The molecule has 2 heterocycles. The summed E-state index contributed by atoms with van der Waals surface area (Å²) in [6.45, 7) is 0. The van der Waals surface area contributed by atoms with E-state index in [-0.39, 0.29) is 11.3 Å². The number of ketones is 1. The monoisotopic (exact) mass is 438 g/mol. The molecular formula is C26H18N2O3S. The summed E-state index contributed by atoms with van der Waals surface area (Å²) < 4.78 is 1.03. The Kier molecular flexibility index (Phi) is 5.13. The van der Waals surface area contributed by atoms with Crippen molar-refractivity contribution in [2.75, 3.05) is 5.32 Å². The maximum absolute atomic E-state index is 12.8. The lowest BCUT2D eigenvalue weighted by Gasteiger charge is -2.11. The quantitative estimate of drug-likeness (QED) is 0.303. The molecule has 2 aromatic heterocycles. The average Bonchev–Trinajstić information content (AvgIpc) is 3.30. The lowest BCUT2D eigenvalue weighted by molar-refractivity contribution is 0.0696. The van der Waals surface area contributed by atoms with Crippen molar-refractivity contribution in [1.82, 2.24) is 4.98 Å². The second-order valence-electron chi connectivity index (χ2n) is 7.45. The van der Waals surface area contributed by atoms with E-state index in [2.05, 4.69) is 5.32 Å². The van der Waals surface area contributed by atoms with Gasteiger partial charge in [0.1, 0.15) is 5.82 Å². The number of aromatic nitrogens is 1. The Morgan fingerprint density at radius 1 is 0.875 bits per heavy atom. The Hall–Kier alpha value is -4.03. The number of nitrogens with one attached hydrogen (secondary N) is 1. The molecule has 0 aliphatic carbocycles. The highest BCUT2D eigenvalue weighted by Gasteiger charge is 2.13. The number of aromatic carboxylic acids is 1. The number of thiophene rings is 1. The summed E-state index contributed by atoms with van der Waals surface area (Å²) in [5, 5.41) is 16.5. The van der Waals surface area contributed by atoms with E-state index in [1.807, 2.05) is 66.0 Å². The van der Waals surface area contributed by atoms with Crippen molar-refractivity contribution in [1.29, 1.82) is 0 Å². The highest BCUT2D eigenvalue weighted by Crippen LogP contribution is 2.35. The van der Waals surface area contributed by atoms with E-state index < -0.39 is 5.97 Å². The molecule has 6 heteroatoms. The largest absolute Gasteiger partial charge is 0.478 e. The molecular weight excluding hydrogens is 420 g/mol. The molecule has 0 atom stereocenters. The molecule has 3 aromatic carbocycles. The fourth-order valence-corrected chi connectivity index (χ4v) is 4.65. The van der Waals surface area contributed by atoms with E-state index in [1.165, 1.54) is 0 Å². The van der Waals surface area contributed by atoms with Gasteiger partial charge in [-0.05, 0) is 41.3 Å². The summed E-state index contributed by atoms with van der Waals surface area (Å²) in [5.74, 6) is -0.318. The summed E-state index contributed by atoms with van der Waals surface area (Å²) in [7, 11) is 0. The number of carbonyl (C=O) groups is 2. The molecule has 0 aliphatic rings. The highest BCUT2D eigenvalue weighted by atomic mass is 32.1. The lowest BCUT2D eigenvalue weighted by Crippen LogP contribution is -2.04. The molecule has 0 bridgehead atoms. The van der Waals surface area contributed by atoms with Gasteiger partial charge in [-0.15, -0.1) is 11.3 Å². The van der Waals surface area contributed by atoms with Crippen LogP contribution in [0.5, 0.6) is 0 Å². The van der Waals surface area contributed by atoms with Crippen molar-refractivity contribution >= 4 is 55.6 Å². The number of Topliss-reactive ketones (excluding diaryl/α,β-unsaturated/α-hetero) is 1. The minimum absolute atomic E-state index is 0.0399. The van der Waals surface area contributed by atoms with Gasteiger partial charge in [0, 0.05) is 33.1 Å². The number of hydrogen-bond acceptors (Lipinski definition) is 5. The highest BCUT2D eigenvalue weighted by molar-refractivity contribution is 7.18. The van der Waals surface area contributed by atoms with Crippen molar-refractivity contribution in [3.63, 3.8) is 0 Å². The predicted molar refractivity (Wildman–Crippen MR) is 128 cm³/mol. The molecule has 0 unspecified atom stereocenters. The van der Waals surface area contributed by atoms with Crippen LogP contribution in [-0.4, -0.2) is 21.8 Å². The first-order chi connectivity index (χ1) is 15.6. The van der Waals surface area contributed by atoms with Gasteiger partial charge in [-0.3, -0.25) is 4.79 Å². The maximum Gasteiger partial charge on any atom is 0.335 e. The average molecular weight is 439 g/mol. The normalized spacial score (nSPS) is 11.0. The molecule has 5 nitrogen and oxygen atoms in total. The minimum Gasteiger partial charge on any atom is -0.478 e. The van der Waals surface area contributed by atoms with Gasteiger partial charge in [0.15, 0.2) is 5.78 Å². The van der Waals surface area contributed by atoms with Crippen LogP contribution in [0.1, 0.15) is 26.3 Å². The van der Waals surface area contributed by atoms with Gasteiger partial charge in [0.05, 0.1) is 11.1 Å². The van der Waals surface area contributed by atoms with E-state index >= 15 is 0 Å². The molecule has 0 amide bonds. The van der Waals surface area contributed by atoms with Crippen LogP contribution in [0.25, 0.3) is 21.0 Å². The number of rotatable bonds is 6. The summed E-state index contributed by atoms with van der Waals surface area (Å²) in [6.07, 6.45) is 0.339. The van der Waals surface area contributed by atoms with E-state index in [4.69, 9.17) is 4.98 Å². The standard InChI is InChI=1S/C26H18N2O3S/c29-23(13-16-5-2-1-3-6-16)17-7-4-8-19(14-17)27-25-21-11-12-32-24(21)20-10-9-18(26(30)31)15-22(20)28-25/h1-12,14-15H,13H2,(H,27,28)(H,30,31). The van der Waals surface area contributed by atoms with Crippen LogP contribution >= 0.6 is 11.3 Å². The maximum atomic E-state index is 12.8. The fraction of sp³-hybridized carbons (Fsp3) is 0.0385. The Morgan fingerprint density at radius 2 is 1.72 bits per heavy atom. The fourth-order valence-electron chi connectivity index (χ4n) is 3.72. The SMILES string of the molecule is O=C(O)c1ccc2c(c1)nc(Nc1cccc(C(=O)Cc3ccccc3)c1)c1ccsc12.